The lowest BCUT2D eigenvalue weighted by atomic mass is 10.3. The average Bonchev–Trinajstić information content (AvgIpc) is 3.46. The lowest BCUT2D eigenvalue weighted by Crippen LogP contribution is -2.19. The number of nitrogens with one attached hydrogen (secondary N) is 1. The van der Waals surface area contributed by atoms with E-state index in [1.807, 2.05) is 18.2 Å². The molecule has 0 aliphatic rings. The largest absolute Gasteiger partial charge is 0.471 e. The fourth-order valence-electron chi connectivity index (χ4n) is 3.02. The molecule has 1 amide bonds. The van der Waals surface area contributed by atoms with Crippen LogP contribution < -0.4 is 10.1 Å². The Balaban J connectivity index is 1.53. The molecule has 9 nitrogen and oxygen atoms in total. The van der Waals surface area contributed by atoms with Crippen molar-refractivity contribution in [1.29, 1.82) is 0 Å². The summed E-state index contributed by atoms with van der Waals surface area (Å²) < 4.78 is 13.7. The molecule has 0 unspecified atom stereocenters. The number of hydrogen-bond acceptors (Lipinski definition) is 6. The number of esters is 1. The first kappa shape index (κ1) is 22.1. The van der Waals surface area contributed by atoms with Crippen LogP contribution in [0.2, 0.25) is 5.02 Å². The number of halogens is 1. The highest BCUT2D eigenvalue weighted by molar-refractivity contribution is 6.30. The highest BCUT2D eigenvalue weighted by Crippen LogP contribution is 2.22. The highest BCUT2D eigenvalue weighted by atomic mass is 35.5. The van der Waals surface area contributed by atoms with Crippen LogP contribution in [0.15, 0.2) is 73.1 Å². The van der Waals surface area contributed by atoms with Crippen LogP contribution in [0.1, 0.15) is 27.8 Å². The molecule has 0 fully saturated rings. The molecule has 0 bridgehead atoms. The zero-order valence-corrected chi connectivity index (χ0v) is 18.4. The topological polar surface area (TPSA) is 100 Å². The van der Waals surface area contributed by atoms with Crippen molar-refractivity contribution in [3.63, 3.8) is 0 Å². The molecule has 4 aromatic rings. The van der Waals surface area contributed by atoms with Crippen molar-refractivity contribution in [1.82, 2.24) is 19.6 Å². The van der Waals surface area contributed by atoms with Crippen LogP contribution in [-0.4, -0.2) is 38.0 Å². The van der Waals surface area contributed by atoms with E-state index in [1.54, 1.807) is 55.6 Å². The van der Waals surface area contributed by atoms with E-state index in [9.17, 15) is 9.59 Å². The van der Waals surface area contributed by atoms with Gasteiger partial charge in [0, 0.05) is 11.2 Å². The van der Waals surface area contributed by atoms with Crippen LogP contribution in [0.3, 0.4) is 0 Å². The second-order valence-corrected chi connectivity index (χ2v) is 7.24. The average molecular weight is 466 g/mol. The number of para-hydroxylation sites is 1. The minimum Gasteiger partial charge on any atom is -0.471 e. The molecule has 10 heteroatoms. The van der Waals surface area contributed by atoms with Gasteiger partial charge in [0.05, 0.1) is 18.5 Å². The second kappa shape index (κ2) is 10.0. The van der Waals surface area contributed by atoms with Crippen molar-refractivity contribution < 1.29 is 19.1 Å². The number of carbonyl (C=O) groups is 2. The Morgan fingerprint density at radius 3 is 2.67 bits per heavy atom. The van der Waals surface area contributed by atoms with Crippen LogP contribution in [-0.2, 0) is 11.5 Å². The Hall–Kier alpha value is -4.11. The van der Waals surface area contributed by atoms with Crippen LogP contribution in [0.25, 0.3) is 5.69 Å². The number of carbonyl (C=O) groups excluding carboxylic acids is 2. The van der Waals surface area contributed by atoms with Gasteiger partial charge in [-0.15, -0.1) is 0 Å². The Morgan fingerprint density at radius 1 is 1.09 bits per heavy atom. The van der Waals surface area contributed by atoms with Crippen molar-refractivity contribution >= 4 is 29.3 Å². The van der Waals surface area contributed by atoms with E-state index in [1.165, 1.54) is 15.6 Å². The van der Waals surface area contributed by atoms with E-state index >= 15 is 0 Å². The molecule has 0 aliphatic heterocycles. The number of nitrogens with zero attached hydrogens (tertiary/aromatic N) is 4. The van der Waals surface area contributed by atoms with Crippen LogP contribution in [0.4, 0.5) is 5.82 Å². The predicted molar refractivity (Wildman–Crippen MR) is 122 cm³/mol. The Bertz CT molecular complexity index is 1270. The molecule has 168 valence electrons. The molecule has 0 aliphatic carbocycles. The summed E-state index contributed by atoms with van der Waals surface area (Å²) in [6, 6.07) is 17.6. The molecular formula is C23H20ClN5O4. The van der Waals surface area contributed by atoms with Gasteiger partial charge < -0.3 is 14.8 Å². The first-order valence-electron chi connectivity index (χ1n) is 10.1. The first-order valence-corrected chi connectivity index (χ1v) is 10.5. The molecule has 0 saturated carbocycles. The number of anilines is 1. The molecule has 2 aromatic carbocycles. The van der Waals surface area contributed by atoms with Gasteiger partial charge in [0.1, 0.15) is 11.3 Å². The highest BCUT2D eigenvalue weighted by Gasteiger charge is 2.23. The smallest absolute Gasteiger partial charge is 0.343 e. The number of aromatic nitrogens is 4. The zero-order chi connectivity index (χ0) is 23.2. The monoisotopic (exact) mass is 465 g/mol. The maximum absolute atomic E-state index is 12.9. The summed E-state index contributed by atoms with van der Waals surface area (Å²) in [7, 11) is 0. The van der Waals surface area contributed by atoms with Gasteiger partial charge in [-0.05, 0) is 43.3 Å². The molecular weight excluding hydrogens is 446 g/mol. The van der Waals surface area contributed by atoms with Crippen molar-refractivity contribution in [2.24, 2.45) is 0 Å². The number of benzene rings is 2. The lowest BCUT2D eigenvalue weighted by Gasteiger charge is -2.10. The Kier molecular flexibility index (Phi) is 6.70. The Labute approximate surface area is 194 Å². The van der Waals surface area contributed by atoms with E-state index in [-0.39, 0.29) is 30.4 Å². The summed E-state index contributed by atoms with van der Waals surface area (Å²) in [5, 5.41) is 11.8. The molecule has 0 atom stereocenters. The van der Waals surface area contributed by atoms with Crippen molar-refractivity contribution in [3.8, 4) is 11.4 Å². The lowest BCUT2D eigenvalue weighted by molar-refractivity contribution is 0.0527. The van der Waals surface area contributed by atoms with Gasteiger partial charge in [-0.1, -0.05) is 35.9 Å². The summed E-state index contributed by atoms with van der Waals surface area (Å²) in [6.45, 7) is 1.99. The van der Waals surface area contributed by atoms with Gasteiger partial charge in [-0.2, -0.15) is 10.2 Å². The van der Waals surface area contributed by atoms with Crippen LogP contribution in [0.5, 0.6) is 5.75 Å². The third-order valence-electron chi connectivity index (χ3n) is 4.53. The maximum Gasteiger partial charge on any atom is 0.343 e. The number of hydrogen-bond donors (Lipinski definition) is 1. The van der Waals surface area contributed by atoms with E-state index < -0.39 is 11.9 Å². The third kappa shape index (κ3) is 5.21. The first-order chi connectivity index (χ1) is 16.0. The van der Waals surface area contributed by atoms with Crippen LogP contribution in [0, 0.1) is 0 Å². The van der Waals surface area contributed by atoms with Gasteiger partial charge in [0.25, 0.3) is 5.91 Å². The minimum absolute atomic E-state index is 0.0870. The molecule has 2 aromatic heterocycles. The van der Waals surface area contributed by atoms with E-state index in [2.05, 4.69) is 15.5 Å². The Morgan fingerprint density at radius 2 is 1.91 bits per heavy atom. The molecule has 4 rings (SSSR count). The number of rotatable bonds is 8. The van der Waals surface area contributed by atoms with Crippen molar-refractivity contribution in [2.45, 2.75) is 13.7 Å². The molecule has 0 radical (unpaired) electrons. The van der Waals surface area contributed by atoms with Gasteiger partial charge in [0.15, 0.2) is 18.2 Å². The van der Waals surface area contributed by atoms with Crippen molar-refractivity contribution in [3.05, 3.63) is 89.3 Å². The molecule has 0 saturated heterocycles. The van der Waals surface area contributed by atoms with Gasteiger partial charge in [-0.3, -0.25) is 4.79 Å². The molecule has 1 N–H and O–H groups in total. The molecule has 0 spiro atoms. The van der Waals surface area contributed by atoms with Gasteiger partial charge in [-0.25, -0.2) is 14.2 Å². The van der Waals surface area contributed by atoms with E-state index in [0.717, 1.165) is 0 Å². The standard InChI is InChI=1S/C23H20ClN5O4/c1-2-32-23(31)19-14-25-29(17-8-4-3-5-9-17)21(19)26-22(30)20-11-12-28(27-20)15-33-18-10-6-7-16(24)13-18/h3-14H,2,15H2,1H3,(H,26,30). The number of ether oxygens (including phenoxy) is 2. The SMILES string of the molecule is CCOC(=O)c1cnn(-c2ccccc2)c1NC(=O)c1ccn(COc2cccc(Cl)c2)n1. The summed E-state index contributed by atoms with van der Waals surface area (Å²) in [5.41, 5.74) is 0.946. The summed E-state index contributed by atoms with van der Waals surface area (Å²) in [5.74, 6) is -0.334. The van der Waals surface area contributed by atoms with Crippen molar-refractivity contribution in [2.75, 3.05) is 11.9 Å². The van der Waals surface area contributed by atoms with E-state index in [4.69, 9.17) is 21.1 Å². The fraction of sp³-hybridized carbons (Fsp3) is 0.130. The normalized spacial score (nSPS) is 10.6. The quantitative estimate of drug-likeness (QED) is 0.392. The zero-order valence-electron chi connectivity index (χ0n) is 17.6. The third-order valence-corrected chi connectivity index (χ3v) is 4.77. The molecule has 2 heterocycles. The van der Waals surface area contributed by atoms with E-state index in [0.29, 0.717) is 16.5 Å². The number of amides is 1. The molecule has 33 heavy (non-hydrogen) atoms. The maximum atomic E-state index is 12.9. The minimum atomic E-state index is -0.588. The van der Waals surface area contributed by atoms with Gasteiger partial charge >= 0.3 is 5.97 Å². The summed E-state index contributed by atoms with van der Waals surface area (Å²) in [6.07, 6.45) is 2.97. The fourth-order valence-corrected chi connectivity index (χ4v) is 3.20. The van der Waals surface area contributed by atoms with Gasteiger partial charge in [0.2, 0.25) is 0 Å². The predicted octanol–water partition coefficient (Wildman–Crippen LogP) is 4.19. The summed E-state index contributed by atoms with van der Waals surface area (Å²) >= 11 is 5.96. The second-order valence-electron chi connectivity index (χ2n) is 6.80. The van der Waals surface area contributed by atoms with Crippen LogP contribution >= 0.6 is 11.6 Å². The summed E-state index contributed by atoms with van der Waals surface area (Å²) in [4.78, 5) is 25.3.